The van der Waals surface area contributed by atoms with Crippen LogP contribution in [0.25, 0.3) is 5.65 Å². The molecule has 0 radical (unpaired) electrons. The number of likely N-dealkylation sites (tertiary alicyclic amines) is 1. The minimum absolute atomic E-state index is 0.0567. The van der Waals surface area contributed by atoms with E-state index in [2.05, 4.69) is 15.2 Å². The van der Waals surface area contributed by atoms with E-state index in [1.165, 1.54) is 15.4 Å². The number of fused-ring (bicyclic) bond motifs is 10. The van der Waals surface area contributed by atoms with Gasteiger partial charge in [-0.05, 0) is 60.4 Å². The summed E-state index contributed by atoms with van der Waals surface area (Å²) >= 11 is 6.07. The molecule has 5 heterocycles. The summed E-state index contributed by atoms with van der Waals surface area (Å²) < 4.78 is 19.7. The first-order valence-electron chi connectivity index (χ1n) is 15.2. The van der Waals surface area contributed by atoms with Crippen molar-refractivity contribution < 1.29 is 23.8 Å². The van der Waals surface area contributed by atoms with Crippen LogP contribution in [0, 0.1) is 0 Å². The Morgan fingerprint density at radius 2 is 1.91 bits per heavy atom. The Labute approximate surface area is 271 Å². The number of pyridine rings is 1. The SMILES string of the molecule is COc1cc2ccc1Oc1cccc(c1)CO[C@H]1CN(Cc3cc(=O)n4cc(Cl)ccc4n3)CC[C@@H]1NC(=O)CN(C)C(=O)CC2. The number of aryl methyl sites for hydroxylation is 1. The van der Waals surface area contributed by atoms with Gasteiger partial charge in [0.2, 0.25) is 11.8 Å². The number of ether oxygens (including phenoxy) is 3. The second-order valence-electron chi connectivity index (χ2n) is 11.7. The van der Waals surface area contributed by atoms with Gasteiger partial charge in [0.1, 0.15) is 11.4 Å². The van der Waals surface area contributed by atoms with Crippen molar-refractivity contribution in [2.45, 2.75) is 44.6 Å². The standard InChI is InChI=1S/C34H36ClN5O6/c1-38-20-32(41)37-27-12-13-39(18-25-16-34(43)40-17-24(35)8-10-31(40)36-25)19-30(27)45-21-23-4-3-5-26(14-23)46-28-9-6-22(7-11-33(38)42)15-29(28)44-2/h3-6,8-10,14-17,27,30H,7,11-13,18-21H2,1-2H3,(H,37,41)/t27-,30-/m0/s1. The normalized spacial score (nSPS) is 19.8. The zero-order chi connectivity index (χ0) is 32.2. The van der Waals surface area contributed by atoms with Gasteiger partial charge < -0.3 is 24.4 Å². The average Bonchev–Trinajstić information content (AvgIpc) is 3.04. The summed E-state index contributed by atoms with van der Waals surface area (Å²) in [6, 6.07) is 17.9. The van der Waals surface area contributed by atoms with E-state index < -0.39 is 0 Å². The number of hydrogen-bond acceptors (Lipinski definition) is 8. The van der Waals surface area contributed by atoms with Gasteiger partial charge in [0.15, 0.2) is 11.5 Å². The maximum Gasteiger partial charge on any atom is 0.258 e. The van der Waals surface area contributed by atoms with Crippen LogP contribution >= 0.6 is 11.6 Å². The molecule has 1 N–H and O–H groups in total. The van der Waals surface area contributed by atoms with Gasteiger partial charge >= 0.3 is 0 Å². The van der Waals surface area contributed by atoms with Crippen LogP contribution in [-0.2, 0) is 33.9 Å². The molecule has 240 valence electrons. The molecule has 11 nitrogen and oxygen atoms in total. The molecule has 2 aromatic carbocycles. The lowest BCUT2D eigenvalue weighted by Gasteiger charge is -2.38. The summed E-state index contributed by atoms with van der Waals surface area (Å²) in [4.78, 5) is 47.1. The minimum atomic E-state index is -0.363. The Morgan fingerprint density at radius 3 is 2.76 bits per heavy atom. The van der Waals surface area contributed by atoms with Crippen LogP contribution < -0.4 is 20.3 Å². The van der Waals surface area contributed by atoms with Crippen molar-refractivity contribution in [2.75, 3.05) is 33.8 Å². The number of hydrogen-bond donors (Lipinski definition) is 1. The van der Waals surface area contributed by atoms with Crippen molar-refractivity contribution in [3.8, 4) is 17.2 Å². The zero-order valence-corrected chi connectivity index (χ0v) is 26.5. The first-order valence-corrected chi connectivity index (χ1v) is 15.6. The van der Waals surface area contributed by atoms with Gasteiger partial charge in [-0.15, -0.1) is 0 Å². The fourth-order valence-corrected chi connectivity index (χ4v) is 6.03. The van der Waals surface area contributed by atoms with Crippen LogP contribution in [-0.4, -0.2) is 76.9 Å². The number of amides is 2. The third kappa shape index (κ3) is 7.50. The first kappa shape index (κ1) is 31.5. The highest BCUT2D eigenvalue weighted by atomic mass is 35.5. The summed E-state index contributed by atoms with van der Waals surface area (Å²) in [5, 5.41) is 3.57. The zero-order valence-electron chi connectivity index (χ0n) is 25.8. The van der Waals surface area contributed by atoms with Crippen molar-refractivity contribution in [3.05, 3.63) is 99.1 Å². The minimum Gasteiger partial charge on any atom is -0.493 e. The van der Waals surface area contributed by atoms with Crippen molar-refractivity contribution in [1.82, 2.24) is 24.5 Å². The molecule has 4 aromatic rings. The van der Waals surface area contributed by atoms with Crippen LogP contribution in [0.4, 0.5) is 0 Å². The van der Waals surface area contributed by atoms with Crippen molar-refractivity contribution >= 4 is 29.1 Å². The Balaban J connectivity index is 1.23. The first-order chi connectivity index (χ1) is 22.2. The topological polar surface area (TPSA) is 115 Å². The van der Waals surface area contributed by atoms with Crippen LogP contribution in [0.15, 0.2) is 71.7 Å². The summed E-state index contributed by atoms with van der Waals surface area (Å²) in [5.74, 6) is 1.38. The molecular weight excluding hydrogens is 610 g/mol. The van der Waals surface area contributed by atoms with Crippen LogP contribution in [0.5, 0.6) is 17.2 Å². The highest BCUT2D eigenvalue weighted by molar-refractivity contribution is 6.30. The third-order valence-electron chi connectivity index (χ3n) is 8.30. The second-order valence-corrected chi connectivity index (χ2v) is 12.1. The number of carbonyl (C=O) groups excluding carboxylic acids is 2. The summed E-state index contributed by atoms with van der Waals surface area (Å²) in [7, 11) is 3.22. The van der Waals surface area contributed by atoms with Crippen molar-refractivity contribution in [3.63, 3.8) is 0 Å². The number of likely N-dealkylation sites (N-methyl/N-ethyl adjacent to an activating group) is 1. The maximum absolute atomic E-state index is 13.2. The summed E-state index contributed by atoms with van der Waals surface area (Å²) in [6.07, 6.45) is 2.56. The fourth-order valence-electron chi connectivity index (χ4n) is 5.87. The van der Waals surface area contributed by atoms with E-state index in [4.69, 9.17) is 25.8 Å². The molecule has 2 atom stereocenters. The quantitative estimate of drug-likeness (QED) is 0.358. The molecule has 0 unspecified atom stereocenters. The van der Waals surface area contributed by atoms with Crippen LogP contribution in [0.1, 0.15) is 29.7 Å². The van der Waals surface area contributed by atoms with Crippen LogP contribution in [0.3, 0.4) is 0 Å². The van der Waals surface area contributed by atoms with E-state index in [9.17, 15) is 14.4 Å². The van der Waals surface area contributed by atoms with E-state index in [1.807, 2.05) is 42.5 Å². The van der Waals surface area contributed by atoms with Gasteiger partial charge in [-0.2, -0.15) is 0 Å². The Bertz CT molecular complexity index is 1810. The predicted octanol–water partition coefficient (Wildman–Crippen LogP) is 3.83. The average molecular weight is 646 g/mol. The molecule has 2 amide bonds. The number of rotatable bonds is 3. The van der Waals surface area contributed by atoms with E-state index in [-0.39, 0.29) is 49.1 Å². The van der Waals surface area contributed by atoms with Gasteiger partial charge in [0, 0.05) is 45.4 Å². The predicted molar refractivity (Wildman–Crippen MR) is 172 cm³/mol. The largest absolute Gasteiger partial charge is 0.493 e. The molecule has 46 heavy (non-hydrogen) atoms. The Hall–Kier alpha value is -4.45. The number of carbonyl (C=O) groups is 2. The van der Waals surface area contributed by atoms with E-state index >= 15 is 0 Å². The molecule has 4 bridgehead atoms. The smallest absolute Gasteiger partial charge is 0.258 e. The molecule has 1 fully saturated rings. The highest BCUT2D eigenvalue weighted by Gasteiger charge is 2.32. The van der Waals surface area contributed by atoms with Crippen molar-refractivity contribution in [1.29, 1.82) is 0 Å². The van der Waals surface area contributed by atoms with Gasteiger partial charge in [-0.25, -0.2) is 4.98 Å². The van der Waals surface area contributed by atoms with Gasteiger partial charge in [-0.3, -0.25) is 23.7 Å². The number of nitrogens with zero attached hydrogens (tertiary/aromatic N) is 4. The fraction of sp³-hybridized carbons (Fsp3) is 0.353. The molecule has 0 aliphatic carbocycles. The highest BCUT2D eigenvalue weighted by Crippen LogP contribution is 2.33. The molecule has 0 saturated carbocycles. The molecule has 3 aliphatic rings. The van der Waals surface area contributed by atoms with E-state index in [0.717, 1.165) is 11.1 Å². The summed E-state index contributed by atoms with van der Waals surface area (Å²) in [5.41, 5.74) is 2.78. The number of benzene rings is 2. The Morgan fingerprint density at radius 1 is 1.04 bits per heavy atom. The number of piperidine rings is 1. The summed E-state index contributed by atoms with van der Waals surface area (Å²) in [6.45, 7) is 1.83. The second kappa shape index (κ2) is 13.9. The van der Waals surface area contributed by atoms with Crippen molar-refractivity contribution in [2.24, 2.45) is 0 Å². The van der Waals surface area contributed by atoms with Crippen LogP contribution in [0.2, 0.25) is 5.02 Å². The maximum atomic E-state index is 13.2. The number of halogens is 1. The molecular formula is C34H36ClN5O6. The number of aromatic nitrogens is 2. The molecule has 2 aromatic heterocycles. The lowest BCUT2D eigenvalue weighted by atomic mass is 10.0. The molecule has 7 rings (SSSR count). The molecule has 3 aliphatic heterocycles. The van der Waals surface area contributed by atoms with Gasteiger partial charge in [-0.1, -0.05) is 29.8 Å². The monoisotopic (exact) mass is 645 g/mol. The molecule has 1 saturated heterocycles. The van der Waals surface area contributed by atoms with Gasteiger partial charge in [0.05, 0.1) is 43.1 Å². The molecule has 12 heteroatoms. The lowest BCUT2D eigenvalue weighted by molar-refractivity contribution is -0.135. The third-order valence-corrected chi connectivity index (χ3v) is 8.53. The molecule has 0 spiro atoms. The van der Waals surface area contributed by atoms with E-state index in [1.54, 1.807) is 32.5 Å². The van der Waals surface area contributed by atoms with E-state index in [0.29, 0.717) is 66.1 Å². The Kier molecular flexibility index (Phi) is 9.53. The number of nitrogens with one attached hydrogen (secondary N) is 1. The number of methoxy groups -OCH3 is 1. The lowest BCUT2D eigenvalue weighted by Crippen LogP contribution is -2.56. The van der Waals surface area contributed by atoms with Gasteiger partial charge in [0.25, 0.3) is 5.56 Å².